The lowest BCUT2D eigenvalue weighted by atomic mass is 9.86. The van der Waals surface area contributed by atoms with E-state index in [2.05, 4.69) is 46.5 Å². The van der Waals surface area contributed by atoms with E-state index >= 15 is 0 Å². The second kappa shape index (κ2) is 5.71. The van der Waals surface area contributed by atoms with E-state index in [0.717, 1.165) is 25.9 Å². The summed E-state index contributed by atoms with van der Waals surface area (Å²) in [5.74, 6) is -0.0612. The van der Waals surface area contributed by atoms with Crippen molar-refractivity contribution in [1.29, 1.82) is 0 Å². The first kappa shape index (κ1) is 14.0. The Morgan fingerprint density at radius 3 is 2.74 bits per heavy atom. The summed E-state index contributed by atoms with van der Waals surface area (Å²) in [4.78, 5) is 16.6. The van der Waals surface area contributed by atoms with Gasteiger partial charge in [-0.25, -0.2) is 0 Å². The number of aromatic amines is 1. The minimum Gasteiger partial charge on any atom is -0.350 e. The molecular formula is C13H23N5O. The third kappa shape index (κ3) is 3.13. The standard InChI is InChI=1S/C13H23N5O/c1-17(2)13(4-6-18(3)7-5-13)10-14-12(19)11-8-15-16-9-11/h8-9H,4-7,10H2,1-3H3,(H,14,19)(H,15,16). The number of H-pyrrole nitrogens is 1. The molecule has 1 fully saturated rings. The molecule has 1 amide bonds. The summed E-state index contributed by atoms with van der Waals surface area (Å²) in [6, 6.07) is 0. The lowest BCUT2D eigenvalue weighted by Gasteiger charge is -2.45. The highest BCUT2D eigenvalue weighted by molar-refractivity contribution is 5.93. The fraction of sp³-hybridized carbons (Fsp3) is 0.692. The number of piperidine rings is 1. The fourth-order valence-corrected chi connectivity index (χ4v) is 2.54. The van der Waals surface area contributed by atoms with Crippen LogP contribution in [0.2, 0.25) is 0 Å². The molecule has 6 heteroatoms. The second-order valence-electron chi connectivity index (χ2n) is 5.59. The number of nitrogens with one attached hydrogen (secondary N) is 2. The Morgan fingerprint density at radius 2 is 2.21 bits per heavy atom. The molecule has 0 atom stereocenters. The molecule has 6 nitrogen and oxygen atoms in total. The second-order valence-corrected chi connectivity index (χ2v) is 5.59. The summed E-state index contributed by atoms with van der Waals surface area (Å²) < 4.78 is 0. The molecule has 19 heavy (non-hydrogen) atoms. The molecule has 1 aliphatic rings. The van der Waals surface area contributed by atoms with Crippen molar-refractivity contribution in [3.63, 3.8) is 0 Å². The Labute approximate surface area is 114 Å². The maximum atomic E-state index is 12.0. The Balaban J connectivity index is 1.96. The van der Waals surface area contributed by atoms with E-state index in [1.165, 1.54) is 0 Å². The maximum absolute atomic E-state index is 12.0. The van der Waals surface area contributed by atoms with Crippen molar-refractivity contribution in [2.24, 2.45) is 0 Å². The van der Waals surface area contributed by atoms with E-state index in [0.29, 0.717) is 12.1 Å². The summed E-state index contributed by atoms with van der Waals surface area (Å²) >= 11 is 0. The lowest BCUT2D eigenvalue weighted by molar-refractivity contribution is 0.0612. The van der Waals surface area contributed by atoms with Gasteiger partial charge in [0.1, 0.15) is 0 Å². The van der Waals surface area contributed by atoms with Crippen LogP contribution in [0.3, 0.4) is 0 Å². The molecule has 0 spiro atoms. The minimum atomic E-state index is -0.0612. The van der Waals surface area contributed by atoms with Crippen molar-refractivity contribution in [3.05, 3.63) is 18.0 Å². The van der Waals surface area contributed by atoms with Crippen LogP contribution in [0.5, 0.6) is 0 Å². The average Bonchev–Trinajstić information content (AvgIpc) is 2.92. The summed E-state index contributed by atoms with van der Waals surface area (Å²) in [5, 5.41) is 9.49. The van der Waals surface area contributed by atoms with Gasteiger partial charge >= 0.3 is 0 Å². The molecule has 0 aromatic carbocycles. The maximum Gasteiger partial charge on any atom is 0.254 e. The van der Waals surface area contributed by atoms with Gasteiger partial charge in [-0.1, -0.05) is 0 Å². The molecule has 2 heterocycles. The van der Waals surface area contributed by atoms with Crippen LogP contribution in [0.1, 0.15) is 23.2 Å². The fourth-order valence-electron chi connectivity index (χ4n) is 2.54. The molecular weight excluding hydrogens is 242 g/mol. The minimum absolute atomic E-state index is 0.0612. The molecule has 2 N–H and O–H groups in total. The van der Waals surface area contributed by atoms with Crippen LogP contribution in [0.15, 0.2) is 12.4 Å². The molecule has 106 valence electrons. The van der Waals surface area contributed by atoms with Crippen LogP contribution in [0.4, 0.5) is 0 Å². The van der Waals surface area contributed by atoms with Gasteiger partial charge in [-0.15, -0.1) is 0 Å². The Kier molecular flexibility index (Phi) is 4.21. The number of likely N-dealkylation sites (tertiary alicyclic amines) is 1. The van der Waals surface area contributed by atoms with E-state index in [1.807, 2.05) is 0 Å². The van der Waals surface area contributed by atoms with Gasteiger partial charge in [-0.3, -0.25) is 9.89 Å². The van der Waals surface area contributed by atoms with Gasteiger partial charge in [-0.05, 0) is 47.1 Å². The average molecular weight is 265 g/mol. The number of nitrogens with zero attached hydrogens (tertiary/aromatic N) is 3. The third-order valence-electron chi connectivity index (χ3n) is 4.20. The summed E-state index contributed by atoms with van der Waals surface area (Å²) in [6.07, 6.45) is 5.31. The van der Waals surface area contributed by atoms with Gasteiger partial charge in [0.2, 0.25) is 0 Å². The van der Waals surface area contributed by atoms with Gasteiger partial charge in [0.05, 0.1) is 11.8 Å². The molecule has 2 rings (SSSR count). The number of carbonyl (C=O) groups is 1. The molecule has 0 radical (unpaired) electrons. The molecule has 1 saturated heterocycles. The molecule has 0 bridgehead atoms. The smallest absolute Gasteiger partial charge is 0.254 e. The molecule has 0 unspecified atom stereocenters. The Bertz CT molecular complexity index is 407. The zero-order chi connectivity index (χ0) is 13.9. The molecule has 1 aliphatic heterocycles. The largest absolute Gasteiger partial charge is 0.350 e. The highest BCUT2D eigenvalue weighted by Crippen LogP contribution is 2.25. The van der Waals surface area contributed by atoms with Crippen LogP contribution in [-0.2, 0) is 0 Å². The van der Waals surface area contributed by atoms with E-state index < -0.39 is 0 Å². The SMILES string of the molecule is CN1CCC(CNC(=O)c2cn[nH]c2)(N(C)C)CC1. The van der Waals surface area contributed by atoms with Crippen LogP contribution in [0.25, 0.3) is 0 Å². The van der Waals surface area contributed by atoms with E-state index in [9.17, 15) is 4.79 Å². The normalized spacial score (nSPS) is 19.6. The zero-order valence-corrected chi connectivity index (χ0v) is 11.9. The van der Waals surface area contributed by atoms with Crippen LogP contribution in [0, 0.1) is 0 Å². The topological polar surface area (TPSA) is 64.3 Å². The van der Waals surface area contributed by atoms with Crippen molar-refractivity contribution in [1.82, 2.24) is 25.3 Å². The van der Waals surface area contributed by atoms with Gasteiger partial charge in [0, 0.05) is 18.3 Å². The lowest BCUT2D eigenvalue weighted by Crippen LogP contribution is -2.57. The van der Waals surface area contributed by atoms with Crippen molar-refractivity contribution in [2.75, 3.05) is 40.8 Å². The van der Waals surface area contributed by atoms with Crippen molar-refractivity contribution < 1.29 is 4.79 Å². The summed E-state index contributed by atoms with van der Waals surface area (Å²) in [7, 11) is 6.33. The molecule has 0 aliphatic carbocycles. The number of likely N-dealkylation sites (N-methyl/N-ethyl adjacent to an activating group) is 1. The number of amides is 1. The molecule has 1 aromatic heterocycles. The first-order valence-electron chi connectivity index (χ1n) is 6.66. The highest BCUT2D eigenvalue weighted by Gasteiger charge is 2.36. The van der Waals surface area contributed by atoms with Crippen molar-refractivity contribution >= 4 is 5.91 Å². The van der Waals surface area contributed by atoms with Crippen molar-refractivity contribution in [3.8, 4) is 0 Å². The number of rotatable bonds is 4. The van der Waals surface area contributed by atoms with Gasteiger partial charge in [0.15, 0.2) is 0 Å². The number of carbonyl (C=O) groups excluding carboxylic acids is 1. The van der Waals surface area contributed by atoms with Gasteiger partial charge in [0.25, 0.3) is 5.91 Å². The van der Waals surface area contributed by atoms with Crippen LogP contribution < -0.4 is 5.32 Å². The van der Waals surface area contributed by atoms with Crippen LogP contribution in [-0.4, -0.2) is 72.2 Å². The number of aromatic nitrogens is 2. The number of hydrogen-bond donors (Lipinski definition) is 2. The van der Waals surface area contributed by atoms with E-state index in [4.69, 9.17) is 0 Å². The molecule has 0 saturated carbocycles. The summed E-state index contributed by atoms with van der Waals surface area (Å²) in [6.45, 7) is 2.82. The number of hydrogen-bond acceptors (Lipinski definition) is 4. The summed E-state index contributed by atoms with van der Waals surface area (Å²) in [5.41, 5.74) is 0.646. The van der Waals surface area contributed by atoms with Gasteiger partial charge in [-0.2, -0.15) is 5.10 Å². The predicted octanol–water partition coefficient (Wildman–Crippen LogP) is 0.166. The molecule has 1 aromatic rings. The first-order chi connectivity index (χ1) is 9.03. The first-order valence-corrected chi connectivity index (χ1v) is 6.66. The highest BCUT2D eigenvalue weighted by atomic mass is 16.1. The monoisotopic (exact) mass is 265 g/mol. The van der Waals surface area contributed by atoms with Gasteiger partial charge < -0.3 is 15.1 Å². The van der Waals surface area contributed by atoms with E-state index in [-0.39, 0.29) is 11.4 Å². The predicted molar refractivity (Wildman–Crippen MR) is 74.1 cm³/mol. The van der Waals surface area contributed by atoms with Crippen molar-refractivity contribution in [2.45, 2.75) is 18.4 Å². The van der Waals surface area contributed by atoms with Crippen LogP contribution >= 0.6 is 0 Å². The Hall–Kier alpha value is -1.40. The van der Waals surface area contributed by atoms with E-state index in [1.54, 1.807) is 12.4 Å². The third-order valence-corrected chi connectivity index (χ3v) is 4.20. The quantitative estimate of drug-likeness (QED) is 0.814. The zero-order valence-electron chi connectivity index (χ0n) is 11.9. The Morgan fingerprint density at radius 1 is 1.53 bits per heavy atom.